The first kappa shape index (κ1) is 18.5. The number of benzene rings is 1. The highest BCUT2D eigenvalue weighted by atomic mass is 35.5. The lowest BCUT2D eigenvalue weighted by Crippen LogP contribution is -2.84. The van der Waals surface area contributed by atoms with Crippen LogP contribution in [0.5, 0.6) is 5.75 Å². The number of ether oxygens (including phenoxy) is 2. The molecule has 1 aromatic rings. The molecule has 3 aliphatic carbocycles. The highest BCUT2D eigenvalue weighted by Gasteiger charge is 2.69. The lowest BCUT2D eigenvalue weighted by Gasteiger charge is -2.70. The Bertz CT molecular complexity index is 767. The number of halogens is 2. The predicted octanol–water partition coefficient (Wildman–Crippen LogP) is 2.33. The molecule has 2 atom stereocenters. The van der Waals surface area contributed by atoms with Crippen molar-refractivity contribution in [3.63, 3.8) is 0 Å². The molecule has 3 saturated carbocycles. The van der Waals surface area contributed by atoms with Crippen molar-refractivity contribution in [3.05, 3.63) is 29.0 Å². The summed E-state index contributed by atoms with van der Waals surface area (Å²) in [6.45, 7) is 1.77. The monoisotopic (exact) mass is 396 g/mol. The smallest absolute Gasteiger partial charge is 0.258 e. The Hall–Kier alpha value is -1.86. The summed E-state index contributed by atoms with van der Waals surface area (Å²) in [6, 6.07) is 4.04. The molecule has 5 rings (SSSR count). The summed E-state index contributed by atoms with van der Waals surface area (Å²) in [5.41, 5.74) is -0.470. The Morgan fingerprint density at radius 2 is 1.96 bits per heavy atom. The third-order valence-corrected chi connectivity index (χ3v) is 5.92. The second-order valence-electron chi connectivity index (χ2n) is 8.01. The molecule has 1 aliphatic heterocycles. The summed E-state index contributed by atoms with van der Waals surface area (Å²) < 4.78 is 24.3. The number of rotatable bonds is 6. The second-order valence-corrected chi connectivity index (χ2v) is 8.41. The summed E-state index contributed by atoms with van der Waals surface area (Å²) in [5, 5.41) is 6.06. The zero-order chi connectivity index (χ0) is 19.2. The summed E-state index contributed by atoms with van der Waals surface area (Å²) in [4.78, 5) is 24.4. The minimum absolute atomic E-state index is 0.00507. The Labute approximate surface area is 161 Å². The largest absolute Gasteiger partial charge is 0.484 e. The normalized spacial score (nSPS) is 33.6. The van der Waals surface area contributed by atoms with E-state index in [-0.39, 0.29) is 52.5 Å². The van der Waals surface area contributed by atoms with E-state index in [1.54, 1.807) is 0 Å². The Morgan fingerprint density at radius 3 is 2.59 bits per heavy atom. The topological polar surface area (TPSA) is 76.7 Å². The third kappa shape index (κ3) is 3.62. The van der Waals surface area contributed by atoms with Crippen molar-refractivity contribution in [2.45, 2.75) is 62.3 Å². The van der Waals surface area contributed by atoms with Crippen molar-refractivity contribution in [1.29, 1.82) is 0 Å². The number of amides is 2. The zero-order valence-corrected chi connectivity index (χ0v) is 15.8. The van der Waals surface area contributed by atoms with Gasteiger partial charge < -0.3 is 20.1 Å². The average molecular weight is 397 g/mol. The number of hydrogen-bond donors (Lipinski definition) is 2. The molecule has 2 unspecified atom stereocenters. The van der Waals surface area contributed by atoms with E-state index in [0.717, 1.165) is 38.2 Å². The van der Waals surface area contributed by atoms with E-state index in [9.17, 15) is 14.0 Å². The molecule has 6 nitrogen and oxygen atoms in total. The molecule has 4 fully saturated rings. The molecular weight excluding hydrogens is 375 g/mol. The van der Waals surface area contributed by atoms with Gasteiger partial charge >= 0.3 is 0 Å². The molecule has 1 aromatic carbocycles. The molecule has 2 amide bonds. The fraction of sp³-hybridized carbons (Fsp3) is 0.579. The molecule has 0 aromatic heterocycles. The van der Waals surface area contributed by atoms with Crippen LogP contribution in [0.4, 0.5) is 4.39 Å². The Morgan fingerprint density at radius 1 is 1.26 bits per heavy atom. The van der Waals surface area contributed by atoms with Gasteiger partial charge in [0.1, 0.15) is 17.7 Å². The van der Waals surface area contributed by atoms with Gasteiger partial charge in [-0.25, -0.2) is 4.39 Å². The SMILES string of the molecule is CC1CCC(C(=O)NC23CC(NC(=O)COc4ccc(Cl)c(F)c4)(C2)C3)O1. The van der Waals surface area contributed by atoms with E-state index >= 15 is 0 Å². The van der Waals surface area contributed by atoms with Crippen molar-refractivity contribution in [1.82, 2.24) is 10.6 Å². The van der Waals surface area contributed by atoms with Gasteiger partial charge in [-0.1, -0.05) is 11.6 Å². The van der Waals surface area contributed by atoms with E-state index < -0.39 is 5.82 Å². The van der Waals surface area contributed by atoms with Crippen LogP contribution < -0.4 is 15.4 Å². The van der Waals surface area contributed by atoms with Gasteiger partial charge in [-0.2, -0.15) is 0 Å². The van der Waals surface area contributed by atoms with Gasteiger partial charge in [0, 0.05) is 17.1 Å². The molecule has 2 bridgehead atoms. The zero-order valence-electron chi connectivity index (χ0n) is 15.0. The van der Waals surface area contributed by atoms with Gasteiger partial charge in [0.15, 0.2) is 6.61 Å². The average Bonchev–Trinajstić information content (AvgIpc) is 2.99. The maximum atomic E-state index is 13.4. The van der Waals surface area contributed by atoms with E-state index in [1.807, 2.05) is 6.92 Å². The molecule has 8 heteroatoms. The maximum absolute atomic E-state index is 13.4. The van der Waals surface area contributed by atoms with Gasteiger partial charge in [-0.05, 0) is 51.2 Å². The first-order valence-corrected chi connectivity index (χ1v) is 9.52. The van der Waals surface area contributed by atoms with Crippen LogP contribution >= 0.6 is 11.6 Å². The van der Waals surface area contributed by atoms with Crippen molar-refractivity contribution < 1.29 is 23.5 Å². The molecule has 4 aliphatic rings. The van der Waals surface area contributed by atoms with Crippen LogP contribution in [0.1, 0.15) is 39.0 Å². The molecule has 0 radical (unpaired) electrons. The van der Waals surface area contributed by atoms with Crippen molar-refractivity contribution in [3.8, 4) is 5.75 Å². The molecule has 1 heterocycles. The van der Waals surface area contributed by atoms with E-state index in [4.69, 9.17) is 21.1 Å². The maximum Gasteiger partial charge on any atom is 0.258 e. The Balaban J connectivity index is 1.20. The number of carbonyl (C=O) groups is 2. The van der Waals surface area contributed by atoms with Crippen LogP contribution in [0.2, 0.25) is 5.02 Å². The van der Waals surface area contributed by atoms with E-state index in [0.29, 0.717) is 0 Å². The summed E-state index contributed by atoms with van der Waals surface area (Å²) in [6.07, 6.45) is 3.59. The van der Waals surface area contributed by atoms with Gasteiger partial charge in [0.05, 0.1) is 11.1 Å². The van der Waals surface area contributed by atoms with Crippen LogP contribution in [-0.2, 0) is 14.3 Å². The third-order valence-electron chi connectivity index (χ3n) is 5.61. The molecule has 27 heavy (non-hydrogen) atoms. The lowest BCUT2D eigenvalue weighted by atomic mass is 9.44. The van der Waals surface area contributed by atoms with Gasteiger partial charge in [0.2, 0.25) is 5.91 Å². The number of carbonyl (C=O) groups excluding carboxylic acids is 2. The summed E-state index contributed by atoms with van der Waals surface area (Å²) in [5.74, 6) is -0.656. The minimum atomic E-state index is -0.590. The lowest BCUT2D eigenvalue weighted by molar-refractivity contribution is -0.155. The predicted molar refractivity (Wildman–Crippen MR) is 96.1 cm³/mol. The highest BCUT2D eigenvalue weighted by molar-refractivity contribution is 6.30. The van der Waals surface area contributed by atoms with Crippen LogP contribution in [0.15, 0.2) is 18.2 Å². The molecular formula is C19H22ClFN2O4. The van der Waals surface area contributed by atoms with Crippen molar-refractivity contribution >= 4 is 23.4 Å². The van der Waals surface area contributed by atoms with E-state index in [2.05, 4.69) is 10.6 Å². The first-order valence-electron chi connectivity index (χ1n) is 9.15. The summed E-state index contributed by atoms with van der Waals surface area (Å²) in [7, 11) is 0. The van der Waals surface area contributed by atoms with Crippen molar-refractivity contribution in [2.75, 3.05) is 6.61 Å². The second kappa shape index (κ2) is 6.63. The van der Waals surface area contributed by atoms with Crippen LogP contribution in [0, 0.1) is 5.82 Å². The molecule has 0 spiro atoms. The van der Waals surface area contributed by atoms with Crippen LogP contribution in [0.25, 0.3) is 0 Å². The fourth-order valence-corrected chi connectivity index (χ4v) is 4.56. The number of hydrogen-bond acceptors (Lipinski definition) is 4. The standard InChI is InChI=1S/C19H22ClFN2O4/c1-11-2-5-15(27-11)17(25)23-19-8-18(9-19,10-19)22-16(24)7-26-12-3-4-13(20)14(21)6-12/h3-4,6,11,15H,2,5,7-10H2,1H3,(H,22,24)(H,23,25). The van der Waals surface area contributed by atoms with Gasteiger partial charge in [0.25, 0.3) is 5.91 Å². The molecule has 146 valence electrons. The highest BCUT2D eigenvalue weighted by Crippen LogP contribution is 2.60. The van der Waals surface area contributed by atoms with E-state index in [1.165, 1.54) is 12.1 Å². The summed E-state index contributed by atoms with van der Waals surface area (Å²) >= 11 is 5.61. The Kier molecular flexibility index (Phi) is 4.55. The molecule has 1 saturated heterocycles. The quantitative estimate of drug-likeness (QED) is 0.773. The molecule has 2 N–H and O–H groups in total. The van der Waals surface area contributed by atoms with Crippen LogP contribution in [0.3, 0.4) is 0 Å². The van der Waals surface area contributed by atoms with Gasteiger partial charge in [-0.15, -0.1) is 0 Å². The van der Waals surface area contributed by atoms with Crippen LogP contribution in [-0.4, -0.2) is 41.7 Å². The van der Waals surface area contributed by atoms with Gasteiger partial charge in [-0.3, -0.25) is 9.59 Å². The number of nitrogens with one attached hydrogen (secondary N) is 2. The minimum Gasteiger partial charge on any atom is -0.484 e. The fourth-order valence-electron chi connectivity index (χ4n) is 4.44. The first-order chi connectivity index (χ1) is 12.8. The van der Waals surface area contributed by atoms with Crippen molar-refractivity contribution in [2.24, 2.45) is 0 Å².